The molecule has 2 N–H and O–H groups in total. The van der Waals surface area contributed by atoms with E-state index in [4.69, 9.17) is 4.74 Å². The molecule has 3 atom stereocenters. The standard InChI is InChI=1S/C23H26N2O2/c1-3-14-24-23(26)20-9-5-8-19-17-6-4-7-18(17)21(25-22(19)20)15-10-12-16(27-2)13-11-15/h4-6,8-13,17-18,21,25H,3,7,14H2,1-2H3,(H,24,26). The Balaban J connectivity index is 1.72. The van der Waals surface area contributed by atoms with Crippen molar-refractivity contribution >= 4 is 11.6 Å². The number of fused-ring (bicyclic) bond motifs is 3. The lowest BCUT2D eigenvalue weighted by molar-refractivity contribution is 0.0954. The van der Waals surface area contributed by atoms with Crippen LogP contribution < -0.4 is 15.4 Å². The summed E-state index contributed by atoms with van der Waals surface area (Å²) < 4.78 is 5.30. The number of carbonyl (C=O) groups is 1. The Morgan fingerprint density at radius 1 is 1.22 bits per heavy atom. The summed E-state index contributed by atoms with van der Waals surface area (Å²) in [6.45, 7) is 2.75. The molecule has 4 nitrogen and oxygen atoms in total. The van der Waals surface area contributed by atoms with Crippen molar-refractivity contribution < 1.29 is 9.53 Å². The zero-order valence-electron chi connectivity index (χ0n) is 15.9. The van der Waals surface area contributed by atoms with Gasteiger partial charge in [-0.05, 0) is 48.1 Å². The molecule has 2 aliphatic rings. The molecular formula is C23H26N2O2. The second-order valence-corrected chi connectivity index (χ2v) is 7.27. The quantitative estimate of drug-likeness (QED) is 0.761. The molecule has 0 radical (unpaired) electrons. The van der Waals surface area contributed by atoms with E-state index in [1.165, 1.54) is 11.1 Å². The van der Waals surface area contributed by atoms with Gasteiger partial charge in [0.25, 0.3) is 5.91 Å². The minimum absolute atomic E-state index is 0.00453. The van der Waals surface area contributed by atoms with Crippen molar-refractivity contribution in [2.75, 3.05) is 19.0 Å². The summed E-state index contributed by atoms with van der Waals surface area (Å²) in [4.78, 5) is 12.7. The van der Waals surface area contributed by atoms with Gasteiger partial charge in [0.1, 0.15) is 5.75 Å². The first-order valence-corrected chi connectivity index (χ1v) is 9.71. The van der Waals surface area contributed by atoms with Gasteiger partial charge in [0.05, 0.1) is 24.4 Å². The number of hydrogen-bond donors (Lipinski definition) is 2. The molecule has 4 rings (SSSR count). The number of methoxy groups -OCH3 is 1. The minimum atomic E-state index is -0.00453. The van der Waals surface area contributed by atoms with Gasteiger partial charge >= 0.3 is 0 Å². The first-order valence-electron chi connectivity index (χ1n) is 9.71. The van der Waals surface area contributed by atoms with E-state index >= 15 is 0 Å². The predicted molar refractivity (Wildman–Crippen MR) is 108 cm³/mol. The maximum atomic E-state index is 12.7. The molecule has 1 amide bonds. The fraction of sp³-hybridized carbons (Fsp3) is 0.348. The number of carbonyl (C=O) groups excluding carboxylic acids is 1. The third-order valence-electron chi connectivity index (χ3n) is 5.65. The zero-order valence-corrected chi connectivity index (χ0v) is 15.9. The SMILES string of the molecule is CCCNC(=O)c1cccc2c1NC(c1ccc(OC)cc1)C1CC=CC21. The number of rotatable bonds is 5. The second-order valence-electron chi connectivity index (χ2n) is 7.27. The lowest BCUT2D eigenvalue weighted by Gasteiger charge is -2.38. The summed E-state index contributed by atoms with van der Waals surface area (Å²) in [5, 5.41) is 6.72. The van der Waals surface area contributed by atoms with Gasteiger partial charge in [-0.25, -0.2) is 0 Å². The molecule has 1 heterocycles. The third-order valence-corrected chi connectivity index (χ3v) is 5.65. The van der Waals surface area contributed by atoms with Crippen molar-refractivity contribution in [2.45, 2.75) is 31.7 Å². The number of benzene rings is 2. The highest BCUT2D eigenvalue weighted by molar-refractivity contribution is 6.00. The van der Waals surface area contributed by atoms with Gasteiger partial charge in [-0.1, -0.05) is 43.3 Å². The molecule has 1 aliphatic carbocycles. The average Bonchev–Trinajstić information content (AvgIpc) is 3.21. The fourth-order valence-electron chi connectivity index (χ4n) is 4.29. The van der Waals surface area contributed by atoms with Crippen molar-refractivity contribution in [3.8, 4) is 5.75 Å². The van der Waals surface area contributed by atoms with Crippen LogP contribution in [-0.4, -0.2) is 19.6 Å². The Morgan fingerprint density at radius 3 is 2.78 bits per heavy atom. The normalized spacial score (nSPS) is 22.5. The molecule has 27 heavy (non-hydrogen) atoms. The van der Waals surface area contributed by atoms with Crippen LogP contribution in [0.1, 0.15) is 53.2 Å². The van der Waals surface area contributed by atoms with E-state index in [2.05, 4.69) is 47.9 Å². The molecule has 1 aliphatic heterocycles. The number of ether oxygens (including phenoxy) is 1. The van der Waals surface area contributed by atoms with Crippen LogP contribution in [0.3, 0.4) is 0 Å². The van der Waals surface area contributed by atoms with Gasteiger partial charge in [-0.15, -0.1) is 0 Å². The van der Waals surface area contributed by atoms with E-state index in [-0.39, 0.29) is 11.9 Å². The third kappa shape index (κ3) is 3.20. The van der Waals surface area contributed by atoms with E-state index in [1.807, 2.05) is 24.3 Å². The highest BCUT2D eigenvalue weighted by Crippen LogP contribution is 2.50. The smallest absolute Gasteiger partial charge is 0.253 e. The molecule has 4 heteroatoms. The predicted octanol–water partition coefficient (Wildman–Crippen LogP) is 4.66. The molecule has 0 saturated carbocycles. The minimum Gasteiger partial charge on any atom is -0.497 e. The molecule has 2 aromatic rings. The number of hydrogen-bond acceptors (Lipinski definition) is 3. The molecule has 140 valence electrons. The van der Waals surface area contributed by atoms with Crippen molar-refractivity contribution in [3.63, 3.8) is 0 Å². The summed E-state index contributed by atoms with van der Waals surface area (Å²) in [5.74, 6) is 1.65. The van der Waals surface area contributed by atoms with Gasteiger partial charge in [-0.2, -0.15) is 0 Å². The summed E-state index contributed by atoms with van der Waals surface area (Å²) >= 11 is 0. The summed E-state index contributed by atoms with van der Waals surface area (Å²) in [7, 11) is 1.68. The van der Waals surface area contributed by atoms with Crippen LogP contribution >= 0.6 is 0 Å². The highest BCUT2D eigenvalue weighted by Gasteiger charge is 2.39. The lowest BCUT2D eigenvalue weighted by atomic mass is 9.76. The van der Waals surface area contributed by atoms with E-state index in [9.17, 15) is 4.79 Å². The number of allylic oxidation sites excluding steroid dienone is 2. The average molecular weight is 362 g/mol. The van der Waals surface area contributed by atoms with Crippen molar-refractivity contribution in [3.05, 3.63) is 71.3 Å². The van der Waals surface area contributed by atoms with Crippen molar-refractivity contribution in [1.29, 1.82) is 0 Å². The van der Waals surface area contributed by atoms with Gasteiger partial charge in [-0.3, -0.25) is 4.79 Å². The fourth-order valence-corrected chi connectivity index (χ4v) is 4.29. The Hall–Kier alpha value is -2.75. The van der Waals surface area contributed by atoms with Crippen LogP contribution in [0.2, 0.25) is 0 Å². The Morgan fingerprint density at radius 2 is 2.04 bits per heavy atom. The number of amides is 1. The molecule has 3 unspecified atom stereocenters. The molecule has 0 saturated heterocycles. The maximum Gasteiger partial charge on any atom is 0.253 e. The summed E-state index contributed by atoms with van der Waals surface area (Å²) in [6, 6.07) is 14.5. The summed E-state index contributed by atoms with van der Waals surface area (Å²) in [6.07, 6.45) is 6.54. The highest BCUT2D eigenvalue weighted by atomic mass is 16.5. The topological polar surface area (TPSA) is 50.4 Å². The van der Waals surface area contributed by atoms with Crippen molar-refractivity contribution in [2.24, 2.45) is 5.92 Å². The first kappa shape index (κ1) is 17.7. The van der Waals surface area contributed by atoms with Crippen LogP contribution in [0.4, 0.5) is 5.69 Å². The molecule has 2 aromatic carbocycles. The molecule has 0 bridgehead atoms. The molecular weight excluding hydrogens is 336 g/mol. The maximum absolute atomic E-state index is 12.7. The molecule has 0 fully saturated rings. The number of anilines is 1. The van der Waals surface area contributed by atoms with E-state index in [1.54, 1.807) is 7.11 Å². The van der Waals surface area contributed by atoms with E-state index in [0.717, 1.165) is 29.8 Å². The lowest BCUT2D eigenvalue weighted by Crippen LogP contribution is -2.32. The van der Waals surface area contributed by atoms with E-state index < -0.39 is 0 Å². The zero-order chi connectivity index (χ0) is 18.8. The van der Waals surface area contributed by atoms with E-state index in [0.29, 0.717) is 18.4 Å². The Kier molecular flexibility index (Phi) is 4.88. The largest absolute Gasteiger partial charge is 0.497 e. The summed E-state index contributed by atoms with van der Waals surface area (Å²) in [5.41, 5.74) is 4.16. The monoisotopic (exact) mass is 362 g/mol. The van der Waals surface area contributed by atoms with Crippen LogP contribution in [0, 0.1) is 5.92 Å². The molecule has 0 aromatic heterocycles. The van der Waals surface area contributed by atoms with Gasteiger partial charge < -0.3 is 15.4 Å². The van der Waals surface area contributed by atoms with Gasteiger partial charge in [0.2, 0.25) is 0 Å². The van der Waals surface area contributed by atoms with Crippen LogP contribution in [-0.2, 0) is 0 Å². The Bertz CT molecular complexity index is 857. The van der Waals surface area contributed by atoms with Crippen LogP contribution in [0.25, 0.3) is 0 Å². The van der Waals surface area contributed by atoms with Gasteiger partial charge in [0, 0.05) is 12.5 Å². The number of nitrogens with one attached hydrogen (secondary N) is 2. The van der Waals surface area contributed by atoms with Gasteiger partial charge in [0.15, 0.2) is 0 Å². The molecule has 0 spiro atoms. The number of para-hydroxylation sites is 1. The second kappa shape index (κ2) is 7.47. The van der Waals surface area contributed by atoms with Crippen LogP contribution in [0.5, 0.6) is 5.75 Å². The first-order chi connectivity index (χ1) is 13.2. The van der Waals surface area contributed by atoms with Crippen molar-refractivity contribution in [1.82, 2.24) is 5.32 Å². The Labute approximate surface area is 160 Å². The van der Waals surface area contributed by atoms with Crippen LogP contribution in [0.15, 0.2) is 54.6 Å².